The molecule has 0 saturated carbocycles. The second-order valence-electron chi connectivity index (χ2n) is 3.40. The third kappa shape index (κ3) is 2.33. The summed E-state index contributed by atoms with van der Waals surface area (Å²) in [6, 6.07) is 3.61. The fourth-order valence-electron chi connectivity index (χ4n) is 1.23. The molecule has 2 aromatic heterocycles. The van der Waals surface area contributed by atoms with Gasteiger partial charge >= 0.3 is 0 Å². The van der Waals surface area contributed by atoms with Gasteiger partial charge in [-0.05, 0) is 34.5 Å². The third-order valence-corrected chi connectivity index (χ3v) is 4.17. The first-order valence-corrected chi connectivity index (χ1v) is 6.24. The molecule has 0 aromatic carbocycles. The van der Waals surface area contributed by atoms with E-state index in [-0.39, 0.29) is 5.91 Å². The van der Waals surface area contributed by atoms with Gasteiger partial charge in [-0.1, -0.05) is 0 Å². The third-order valence-electron chi connectivity index (χ3n) is 2.04. The van der Waals surface area contributed by atoms with Crippen molar-refractivity contribution in [2.45, 2.75) is 6.92 Å². The molecule has 1 amide bonds. The van der Waals surface area contributed by atoms with Gasteiger partial charge in [-0.15, -0.1) is 11.3 Å². The van der Waals surface area contributed by atoms with Gasteiger partial charge in [0.1, 0.15) is 0 Å². The molecular formula is C10H10BrN3OS. The molecule has 0 spiro atoms. The predicted octanol–water partition coefficient (Wildman–Crippen LogP) is 2.80. The number of nitrogens with one attached hydrogen (secondary N) is 1. The Balaban J connectivity index is 2.14. The van der Waals surface area contributed by atoms with Crippen LogP contribution in [-0.4, -0.2) is 15.7 Å². The molecule has 4 nitrogen and oxygen atoms in total. The highest BCUT2D eigenvalue weighted by molar-refractivity contribution is 9.11. The topological polar surface area (TPSA) is 46.9 Å². The molecule has 0 radical (unpaired) electrons. The Labute approximate surface area is 105 Å². The second kappa shape index (κ2) is 4.39. The summed E-state index contributed by atoms with van der Waals surface area (Å²) in [5.41, 5.74) is 1.07. The van der Waals surface area contributed by atoms with E-state index in [0.717, 1.165) is 9.35 Å². The van der Waals surface area contributed by atoms with Crippen molar-refractivity contribution >= 4 is 39.0 Å². The SMILES string of the molecule is Cc1cc(C(=O)Nc2ccn(C)n2)sc1Br. The molecule has 84 valence electrons. The first kappa shape index (κ1) is 11.3. The van der Waals surface area contributed by atoms with Gasteiger partial charge in [-0.3, -0.25) is 9.48 Å². The van der Waals surface area contributed by atoms with Gasteiger partial charge in [0.05, 0.1) is 8.66 Å². The highest BCUT2D eigenvalue weighted by Gasteiger charge is 2.12. The molecule has 0 unspecified atom stereocenters. The number of carbonyl (C=O) groups excluding carboxylic acids is 1. The Hall–Kier alpha value is -1.14. The highest BCUT2D eigenvalue weighted by atomic mass is 79.9. The van der Waals surface area contributed by atoms with E-state index in [1.165, 1.54) is 11.3 Å². The fourth-order valence-corrected chi connectivity index (χ4v) is 2.66. The van der Waals surface area contributed by atoms with Crippen molar-refractivity contribution in [2.24, 2.45) is 7.05 Å². The number of hydrogen-bond donors (Lipinski definition) is 1. The Morgan fingerprint density at radius 3 is 2.88 bits per heavy atom. The van der Waals surface area contributed by atoms with E-state index in [2.05, 4.69) is 26.3 Å². The minimum absolute atomic E-state index is 0.127. The molecule has 16 heavy (non-hydrogen) atoms. The summed E-state index contributed by atoms with van der Waals surface area (Å²) >= 11 is 4.81. The van der Waals surface area contributed by atoms with Crippen LogP contribution in [0.4, 0.5) is 5.82 Å². The van der Waals surface area contributed by atoms with Gasteiger partial charge < -0.3 is 5.32 Å². The first-order valence-electron chi connectivity index (χ1n) is 4.63. The number of rotatable bonds is 2. The van der Waals surface area contributed by atoms with E-state index in [4.69, 9.17) is 0 Å². The number of nitrogens with zero attached hydrogens (tertiary/aromatic N) is 2. The normalized spacial score (nSPS) is 10.4. The first-order chi connectivity index (χ1) is 7.56. The van der Waals surface area contributed by atoms with E-state index >= 15 is 0 Å². The lowest BCUT2D eigenvalue weighted by molar-refractivity contribution is 0.103. The van der Waals surface area contributed by atoms with Crippen molar-refractivity contribution < 1.29 is 4.79 Å². The predicted molar refractivity (Wildman–Crippen MR) is 67.9 cm³/mol. The van der Waals surface area contributed by atoms with Crippen LogP contribution in [0.15, 0.2) is 22.1 Å². The molecule has 2 rings (SSSR count). The van der Waals surface area contributed by atoms with Crippen LogP contribution in [0, 0.1) is 6.92 Å². The lowest BCUT2D eigenvalue weighted by atomic mass is 10.3. The van der Waals surface area contributed by atoms with Crippen molar-refractivity contribution in [1.82, 2.24) is 9.78 Å². The molecule has 0 fully saturated rings. The zero-order valence-electron chi connectivity index (χ0n) is 8.82. The van der Waals surface area contributed by atoms with Crippen LogP contribution in [-0.2, 0) is 7.05 Å². The Morgan fingerprint density at radius 1 is 1.62 bits per heavy atom. The van der Waals surface area contributed by atoms with E-state index in [1.807, 2.05) is 20.0 Å². The van der Waals surface area contributed by atoms with Crippen molar-refractivity contribution in [3.05, 3.63) is 32.6 Å². The van der Waals surface area contributed by atoms with Crippen molar-refractivity contribution in [3.63, 3.8) is 0 Å². The quantitative estimate of drug-likeness (QED) is 0.927. The zero-order chi connectivity index (χ0) is 11.7. The standard InChI is InChI=1S/C10H10BrN3OS/c1-6-5-7(16-9(6)11)10(15)12-8-3-4-14(2)13-8/h3-5H,1-2H3,(H,12,13,15). The summed E-state index contributed by atoms with van der Waals surface area (Å²) in [6.07, 6.45) is 1.78. The Bertz CT molecular complexity index is 512. The van der Waals surface area contributed by atoms with Gasteiger partial charge in [0.25, 0.3) is 5.91 Å². The molecule has 0 aliphatic rings. The summed E-state index contributed by atoms with van der Waals surface area (Å²) in [4.78, 5) is 12.5. The molecule has 1 N–H and O–H groups in total. The minimum Gasteiger partial charge on any atom is -0.304 e. The van der Waals surface area contributed by atoms with Crippen LogP contribution in [0.5, 0.6) is 0 Å². The summed E-state index contributed by atoms with van der Waals surface area (Å²) in [5, 5.41) is 6.82. The Morgan fingerprint density at radius 2 is 2.38 bits per heavy atom. The van der Waals surface area contributed by atoms with Crippen molar-refractivity contribution in [2.75, 3.05) is 5.32 Å². The lowest BCUT2D eigenvalue weighted by Gasteiger charge is -1.97. The molecule has 2 aromatic rings. The minimum atomic E-state index is -0.127. The summed E-state index contributed by atoms with van der Waals surface area (Å²) in [6.45, 7) is 1.96. The monoisotopic (exact) mass is 299 g/mol. The van der Waals surface area contributed by atoms with Crippen LogP contribution in [0.25, 0.3) is 0 Å². The molecular weight excluding hydrogens is 290 g/mol. The van der Waals surface area contributed by atoms with Gasteiger partial charge in [0.15, 0.2) is 5.82 Å². The summed E-state index contributed by atoms with van der Waals surface area (Å²) in [7, 11) is 1.81. The van der Waals surface area contributed by atoms with E-state index < -0.39 is 0 Å². The fraction of sp³-hybridized carbons (Fsp3) is 0.200. The average Bonchev–Trinajstić information content (AvgIpc) is 2.75. The van der Waals surface area contributed by atoms with Crippen LogP contribution in [0.1, 0.15) is 15.2 Å². The maximum atomic E-state index is 11.8. The maximum Gasteiger partial charge on any atom is 0.266 e. The summed E-state index contributed by atoms with van der Waals surface area (Å²) in [5.74, 6) is 0.437. The smallest absolute Gasteiger partial charge is 0.266 e. The number of hydrogen-bond acceptors (Lipinski definition) is 3. The molecule has 0 atom stereocenters. The van der Waals surface area contributed by atoms with Gasteiger partial charge in [0, 0.05) is 19.3 Å². The lowest BCUT2D eigenvalue weighted by Crippen LogP contribution is -2.10. The number of amides is 1. The molecule has 0 aliphatic carbocycles. The number of halogens is 1. The largest absolute Gasteiger partial charge is 0.304 e. The van der Waals surface area contributed by atoms with Gasteiger partial charge in [-0.2, -0.15) is 5.10 Å². The maximum absolute atomic E-state index is 11.8. The van der Waals surface area contributed by atoms with Crippen LogP contribution >= 0.6 is 27.3 Å². The van der Waals surface area contributed by atoms with Crippen LogP contribution in [0.3, 0.4) is 0 Å². The number of thiophene rings is 1. The van der Waals surface area contributed by atoms with Crippen molar-refractivity contribution in [3.8, 4) is 0 Å². The average molecular weight is 300 g/mol. The number of carbonyl (C=O) groups is 1. The number of aromatic nitrogens is 2. The highest BCUT2D eigenvalue weighted by Crippen LogP contribution is 2.27. The summed E-state index contributed by atoms with van der Waals surface area (Å²) < 4.78 is 2.63. The van der Waals surface area contributed by atoms with Crippen molar-refractivity contribution in [1.29, 1.82) is 0 Å². The molecule has 6 heteroatoms. The molecule has 0 aliphatic heterocycles. The van der Waals surface area contributed by atoms with Gasteiger partial charge in [0.2, 0.25) is 0 Å². The Kier molecular flexibility index (Phi) is 3.11. The molecule has 0 saturated heterocycles. The molecule has 2 heterocycles. The van der Waals surface area contributed by atoms with E-state index in [9.17, 15) is 4.79 Å². The molecule has 0 bridgehead atoms. The second-order valence-corrected chi connectivity index (χ2v) is 5.77. The number of aryl methyl sites for hydroxylation is 2. The van der Waals surface area contributed by atoms with E-state index in [0.29, 0.717) is 10.7 Å². The van der Waals surface area contributed by atoms with Crippen LogP contribution < -0.4 is 5.32 Å². The van der Waals surface area contributed by atoms with Gasteiger partial charge in [-0.25, -0.2) is 0 Å². The number of anilines is 1. The van der Waals surface area contributed by atoms with Crippen LogP contribution in [0.2, 0.25) is 0 Å². The van der Waals surface area contributed by atoms with E-state index in [1.54, 1.807) is 16.9 Å². The zero-order valence-corrected chi connectivity index (χ0v) is 11.2.